The van der Waals surface area contributed by atoms with Crippen LogP contribution in [-0.4, -0.2) is 38.2 Å². The SMILES string of the molecule is C[C@@H]1[C@@H](NC(c2ccccc2)(c2ccccc2)c2ccccc2)C(=O)N1c1nnn(Cc2ccccc2)n1. The van der Waals surface area contributed by atoms with Crippen LogP contribution in [0.1, 0.15) is 29.2 Å². The molecular weight excluding hydrogens is 472 g/mol. The molecule has 2 atom stereocenters. The Morgan fingerprint density at radius 2 is 1.21 bits per heavy atom. The van der Waals surface area contributed by atoms with Gasteiger partial charge >= 0.3 is 0 Å². The Morgan fingerprint density at radius 1 is 0.737 bits per heavy atom. The number of anilines is 1. The van der Waals surface area contributed by atoms with Crippen molar-refractivity contribution in [1.29, 1.82) is 0 Å². The molecule has 1 aromatic heterocycles. The molecule has 1 aliphatic heterocycles. The predicted molar refractivity (Wildman–Crippen MR) is 146 cm³/mol. The summed E-state index contributed by atoms with van der Waals surface area (Å²) in [6, 6.07) is 40.2. The normalized spacial score (nSPS) is 17.3. The van der Waals surface area contributed by atoms with E-state index in [1.165, 1.54) is 4.80 Å². The van der Waals surface area contributed by atoms with E-state index in [-0.39, 0.29) is 11.9 Å². The number of carbonyl (C=O) groups excluding carboxylic acids is 1. The topological polar surface area (TPSA) is 75.9 Å². The van der Waals surface area contributed by atoms with Gasteiger partial charge in [-0.2, -0.15) is 4.80 Å². The first-order valence-electron chi connectivity index (χ1n) is 12.8. The van der Waals surface area contributed by atoms with Crippen molar-refractivity contribution in [3.63, 3.8) is 0 Å². The van der Waals surface area contributed by atoms with Gasteiger partial charge < -0.3 is 0 Å². The van der Waals surface area contributed by atoms with E-state index in [1.807, 2.05) is 91.9 Å². The quantitative estimate of drug-likeness (QED) is 0.252. The number of aromatic nitrogens is 4. The van der Waals surface area contributed by atoms with E-state index in [1.54, 1.807) is 4.90 Å². The second-order valence-electron chi connectivity index (χ2n) is 9.52. The average molecular weight is 501 g/mol. The van der Waals surface area contributed by atoms with Crippen LogP contribution < -0.4 is 10.2 Å². The highest BCUT2D eigenvalue weighted by molar-refractivity contribution is 6.04. The molecule has 1 saturated heterocycles. The summed E-state index contributed by atoms with van der Waals surface area (Å²) in [5.41, 5.74) is 3.51. The number of benzene rings is 4. The zero-order chi connectivity index (χ0) is 26.0. The molecule has 0 aliphatic carbocycles. The average Bonchev–Trinajstić information content (AvgIpc) is 3.43. The monoisotopic (exact) mass is 500 g/mol. The molecule has 0 bridgehead atoms. The Balaban J connectivity index is 1.33. The molecule has 0 spiro atoms. The van der Waals surface area contributed by atoms with Gasteiger partial charge in [0.25, 0.3) is 5.95 Å². The fourth-order valence-corrected chi connectivity index (χ4v) is 5.28. The molecule has 188 valence electrons. The van der Waals surface area contributed by atoms with Crippen LogP contribution in [0, 0.1) is 0 Å². The van der Waals surface area contributed by atoms with Gasteiger partial charge in [0.2, 0.25) is 5.91 Å². The molecule has 6 rings (SSSR count). The maximum atomic E-state index is 13.7. The largest absolute Gasteiger partial charge is 0.287 e. The van der Waals surface area contributed by atoms with E-state index in [4.69, 9.17) is 0 Å². The Morgan fingerprint density at radius 3 is 1.68 bits per heavy atom. The third kappa shape index (κ3) is 4.17. The van der Waals surface area contributed by atoms with Crippen LogP contribution in [0.4, 0.5) is 5.95 Å². The van der Waals surface area contributed by atoms with E-state index in [0.29, 0.717) is 12.5 Å². The first-order valence-corrected chi connectivity index (χ1v) is 12.8. The zero-order valence-electron chi connectivity index (χ0n) is 21.1. The molecule has 7 nitrogen and oxygen atoms in total. The minimum atomic E-state index is -0.733. The van der Waals surface area contributed by atoms with Gasteiger partial charge in [0.05, 0.1) is 18.1 Å². The van der Waals surface area contributed by atoms with Gasteiger partial charge in [0.1, 0.15) is 6.04 Å². The van der Waals surface area contributed by atoms with Gasteiger partial charge in [-0.3, -0.25) is 15.0 Å². The highest BCUT2D eigenvalue weighted by atomic mass is 16.2. The highest BCUT2D eigenvalue weighted by Gasteiger charge is 2.51. The molecule has 4 aromatic carbocycles. The smallest absolute Gasteiger partial charge is 0.273 e. The molecule has 0 radical (unpaired) electrons. The van der Waals surface area contributed by atoms with Crippen molar-refractivity contribution in [2.75, 3.05) is 4.90 Å². The predicted octanol–water partition coefficient (Wildman–Crippen LogP) is 4.41. The summed E-state index contributed by atoms with van der Waals surface area (Å²) in [5, 5.41) is 16.7. The van der Waals surface area contributed by atoms with E-state index in [2.05, 4.69) is 57.1 Å². The molecule has 38 heavy (non-hydrogen) atoms. The lowest BCUT2D eigenvalue weighted by Crippen LogP contribution is -2.72. The number of hydrogen-bond donors (Lipinski definition) is 1. The van der Waals surface area contributed by atoms with E-state index in [0.717, 1.165) is 22.3 Å². The maximum Gasteiger partial charge on any atom is 0.273 e. The number of nitrogens with zero attached hydrogens (tertiary/aromatic N) is 5. The number of tetrazole rings is 1. The van der Waals surface area contributed by atoms with Crippen LogP contribution in [0.5, 0.6) is 0 Å². The van der Waals surface area contributed by atoms with Crippen molar-refractivity contribution in [3.05, 3.63) is 144 Å². The third-order valence-electron chi connectivity index (χ3n) is 7.21. The molecule has 1 amide bonds. The minimum absolute atomic E-state index is 0.0797. The summed E-state index contributed by atoms with van der Waals surface area (Å²) in [4.78, 5) is 16.8. The summed E-state index contributed by atoms with van der Waals surface area (Å²) in [7, 11) is 0. The van der Waals surface area contributed by atoms with Gasteiger partial charge in [0, 0.05) is 0 Å². The zero-order valence-corrected chi connectivity index (χ0v) is 21.1. The first-order chi connectivity index (χ1) is 18.7. The van der Waals surface area contributed by atoms with Crippen LogP contribution in [-0.2, 0) is 16.9 Å². The lowest BCUT2D eigenvalue weighted by Gasteiger charge is -2.49. The molecule has 1 aliphatic rings. The van der Waals surface area contributed by atoms with E-state index in [9.17, 15) is 4.79 Å². The van der Waals surface area contributed by atoms with Crippen LogP contribution in [0.25, 0.3) is 0 Å². The Kier molecular flexibility index (Phi) is 6.27. The number of amides is 1. The van der Waals surface area contributed by atoms with Gasteiger partial charge in [-0.25, -0.2) is 0 Å². The van der Waals surface area contributed by atoms with Crippen molar-refractivity contribution in [1.82, 2.24) is 25.5 Å². The van der Waals surface area contributed by atoms with Crippen molar-refractivity contribution in [3.8, 4) is 0 Å². The second-order valence-corrected chi connectivity index (χ2v) is 9.52. The minimum Gasteiger partial charge on any atom is -0.287 e. The summed E-state index contributed by atoms with van der Waals surface area (Å²) >= 11 is 0. The molecule has 1 N–H and O–H groups in total. The standard InChI is InChI=1S/C31H28N6O/c1-23-28(29(38)37(23)30-33-35-36(34-30)22-24-14-6-2-7-15-24)32-31(25-16-8-3-9-17-25,26-18-10-4-11-19-26)27-20-12-5-13-21-27/h2-21,23,28,32H,22H2,1H3/t23-,28-/m1/s1. The third-order valence-corrected chi connectivity index (χ3v) is 7.21. The first kappa shape index (κ1) is 23.8. The summed E-state index contributed by atoms with van der Waals surface area (Å²) in [6.45, 7) is 2.51. The van der Waals surface area contributed by atoms with Crippen molar-refractivity contribution >= 4 is 11.9 Å². The number of rotatable bonds is 8. The number of hydrogen-bond acceptors (Lipinski definition) is 5. The van der Waals surface area contributed by atoms with Crippen LogP contribution in [0.3, 0.4) is 0 Å². The molecule has 0 unspecified atom stereocenters. The van der Waals surface area contributed by atoms with Gasteiger partial charge in [-0.05, 0) is 34.4 Å². The molecule has 1 fully saturated rings. The van der Waals surface area contributed by atoms with Crippen molar-refractivity contribution in [2.45, 2.75) is 31.1 Å². The Labute approximate surface area is 221 Å². The molecule has 5 aromatic rings. The van der Waals surface area contributed by atoms with Gasteiger partial charge in [0.15, 0.2) is 0 Å². The van der Waals surface area contributed by atoms with Crippen LogP contribution in [0.15, 0.2) is 121 Å². The molecular formula is C31H28N6O. The maximum absolute atomic E-state index is 13.7. The summed E-state index contributed by atoms with van der Waals surface area (Å²) in [6.07, 6.45) is 0. The van der Waals surface area contributed by atoms with Gasteiger partial charge in [-0.15, -0.1) is 5.10 Å². The van der Waals surface area contributed by atoms with Gasteiger partial charge in [-0.1, -0.05) is 126 Å². The van der Waals surface area contributed by atoms with Crippen LogP contribution in [0.2, 0.25) is 0 Å². The lowest BCUT2D eigenvalue weighted by molar-refractivity contribution is -0.127. The molecule has 2 heterocycles. The van der Waals surface area contributed by atoms with Crippen molar-refractivity contribution in [2.24, 2.45) is 0 Å². The lowest BCUT2D eigenvalue weighted by atomic mass is 9.75. The van der Waals surface area contributed by atoms with E-state index < -0.39 is 11.6 Å². The fourth-order valence-electron chi connectivity index (χ4n) is 5.28. The number of β-lactam (4-membered cyclic amide) rings is 1. The van der Waals surface area contributed by atoms with E-state index >= 15 is 0 Å². The number of carbonyl (C=O) groups is 1. The van der Waals surface area contributed by atoms with Crippen molar-refractivity contribution < 1.29 is 4.79 Å². The Hall–Kier alpha value is -4.62. The summed E-state index contributed by atoms with van der Waals surface area (Å²) in [5.74, 6) is 0.241. The molecule has 7 heteroatoms. The molecule has 0 saturated carbocycles. The highest BCUT2D eigenvalue weighted by Crippen LogP contribution is 2.39. The van der Waals surface area contributed by atoms with Crippen LogP contribution >= 0.6 is 0 Å². The second kappa shape index (κ2) is 10.0. The fraction of sp³-hybridized carbons (Fsp3) is 0.161. The summed E-state index contributed by atoms with van der Waals surface area (Å²) < 4.78 is 0. The Bertz CT molecular complexity index is 1410. The number of nitrogens with one attached hydrogen (secondary N) is 1.